The Morgan fingerprint density at radius 3 is 2.47 bits per heavy atom. The molecule has 5 heteroatoms. The average Bonchev–Trinajstić information content (AvgIpc) is 2.42. The number of nitrogens with two attached hydrogens (primary N) is 1. The number of hydrogen-bond acceptors (Lipinski definition) is 5. The van der Waals surface area contributed by atoms with E-state index in [4.69, 9.17) is 15.2 Å². The van der Waals surface area contributed by atoms with Crippen LogP contribution in [0.15, 0.2) is 30.6 Å². The Balaban J connectivity index is 2.18. The lowest BCUT2D eigenvalue weighted by molar-refractivity contribution is 0.304. The highest BCUT2D eigenvalue weighted by Gasteiger charge is 2.11. The number of ether oxygens (including phenoxy) is 2. The van der Waals surface area contributed by atoms with Gasteiger partial charge in [-0.05, 0) is 25.5 Å². The van der Waals surface area contributed by atoms with Crippen LogP contribution >= 0.6 is 0 Å². The molecule has 0 saturated carbocycles. The van der Waals surface area contributed by atoms with Gasteiger partial charge in [0.25, 0.3) is 0 Å². The summed E-state index contributed by atoms with van der Waals surface area (Å²) >= 11 is 0. The molecule has 1 aromatic carbocycles. The fourth-order valence-electron chi connectivity index (χ4n) is 1.48. The van der Waals surface area contributed by atoms with Crippen LogP contribution in [-0.2, 0) is 0 Å². The molecule has 2 rings (SSSR count). The second kappa shape index (κ2) is 6.04. The van der Waals surface area contributed by atoms with Crippen LogP contribution in [0.2, 0.25) is 0 Å². The Bertz CT molecular complexity index is 541. The number of nitrogens with zero attached hydrogens (tertiary/aromatic N) is 2. The summed E-state index contributed by atoms with van der Waals surface area (Å²) in [7, 11) is 0. The number of benzene rings is 1. The van der Waals surface area contributed by atoms with Crippen LogP contribution < -0.4 is 15.2 Å². The molecule has 2 N–H and O–H groups in total. The fraction of sp³-hybridized carbons (Fsp3) is 0.286. The highest BCUT2D eigenvalue weighted by atomic mass is 16.5. The zero-order chi connectivity index (χ0) is 13.7. The summed E-state index contributed by atoms with van der Waals surface area (Å²) in [6.07, 6.45) is 2.27. The Morgan fingerprint density at radius 1 is 1.11 bits per heavy atom. The lowest BCUT2D eigenvalue weighted by atomic mass is 10.2. The third kappa shape index (κ3) is 3.34. The van der Waals surface area contributed by atoms with E-state index in [9.17, 15) is 0 Å². The van der Waals surface area contributed by atoms with Crippen molar-refractivity contribution >= 4 is 5.69 Å². The summed E-state index contributed by atoms with van der Waals surface area (Å²) in [5.74, 6) is 1.35. The van der Waals surface area contributed by atoms with Gasteiger partial charge in [-0.15, -0.1) is 0 Å². The maximum absolute atomic E-state index is 5.93. The summed E-state index contributed by atoms with van der Waals surface area (Å²) < 4.78 is 11.1. The van der Waals surface area contributed by atoms with E-state index in [0.717, 1.165) is 12.0 Å². The average molecular weight is 259 g/mol. The Labute approximate surface area is 112 Å². The van der Waals surface area contributed by atoms with Gasteiger partial charge in [0.2, 0.25) is 11.8 Å². The number of aromatic nitrogens is 2. The first-order chi connectivity index (χ1) is 9.20. The zero-order valence-corrected chi connectivity index (χ0v) is 11.1. The Kier molecular flexibility index (Phi) is 4.18. The van der Waals surface area contributed by atoms with Crippen LogP contribution in [0.4, 0.5) is 5.69 Å². The van der Waals surface area contributed by atoms with Crippen molar-refractivity contribution in [1.82, 2.24) is 9.97 Å². The van der Waals surface area contributed by atoms with Crippen molar-refractivity contribution in [2.24, 2.45) is 0 Å². The van der Waals surface area contributed by atoms with Crippen molar-refractivity contribution in [2.45, 2.75) is 20.3 Å². The van der Waals surface area contributed by atoms with Crippen LogP contribution in [0, 0.1) is 6.92 Å². The zero-order valence-electron chi connectivity index (χ0n) is 11.1. The maximum Gasteiger partial charge on any atom is 0.249 e. The number of hydrogen-bond donors (Lipinski definition) is 1. The molecule has 0 spiro atoms. The number of rotatable bonds is 5. The first-order valence-corrected chi connectivity index (χ1v) is 6.18. The second-order valence-corrected chi connectivity index (χ2v) is 4.16. The molecular formula is C14H17N3O2. The van der Waals surface area contributed by atoms with Gasteiger partial charge in [0.05, 0.1) is 6.61 Å². The molecule has 5 nitrogen and oxygen atoms in total. The van der Waals surface area contributed by atoms with Crippen LogP contribution in [0.5, 0.6) is 17.5 Å². The molecule has 0 amide bonds. The van der Waals surface area contributed by atoms with Crippen molar-refractivity contribution in [3.8, 4) is 17.5 Å². The number of aryl methyl sites for hydroxylation is 1. The topological polar surface area (TPSA) is 70.3 Å². The van der Waals surface area contributed by atoms with Crippen molar-refractivity contribution < 1.29 is 9.47 Å². The summed E-state index contributed by atoms with van der Waals surface area (Å²) in [4.78, 5) is 8.02. The molecule has 2 aromatic rings. The molecule has 0 radical (unpaired) electrons. The van der Waals surface area contributed by atoms with E-state index in [1.54, 1.807) is 0 Å². The number of anilines is 1. The molecule has 0 bridgehead atoms. The molecular weight excluding hydrogens is 242 g/mol. The van der Waals surface area contributed by atoms with E-state index < -0.39 is 0 Å². The van der Waals surface area contributed by atoms with Crippen molar-refractivity contribution in [3.05, 3.63) is 36.2 Å². The second-order valence-electron chi connectivity index (χ2n) is 4.16. The molecule has 1 heterocycles. The van der Waals surface area contributed by atoms with Gasteiger partial charge in [-0.2, -0.15) is 9.97 Å². The van der Waals surface area contributed by atoms with E-state index >= 15 is 0 Å². The first-order valence-electron chi connectivity index (χ1n) is 6.18. The van der Waals surface area contributed by atoms with E-state index in [1.807, 2.05) is 38.1 Å². The highest BCUT2D eigenvalue weighted by Crippen LogP contribution is 2.30. The quantitative estimate of drug-likeness (QED) is 0.893. The summed E-state index contributed by atoms with van der Waals surface area (Å²) in [5.41, 5.74) is 7.41. The maximum atomic E-state index is 5.93. The third-order valence-corrected chi connectivity index (χ3v) is 2.49. The minimum absolute atomic E-state index is 0.310. The summed E-state index contributed by atoms with van der Waals surface area (Å²) in [6.45, 7) is 4.59. The van der Waals surface area contributed by atoms with Gasteiger partial charge in [0, 0.05) is 0 Å². The predicted molar refractivity (Wildman–Crippen MR) is 73.5 cm³/mol. The van der Waals surface area contributed by atoms with Gasteiger partial charge in [0.15, 0.2) is 5.69 Å². The molecule has 0 unspecified atom stereocenters. The van der Waals surface area contributed by atoms with E-state index in [2.05, 4.69) is 9.97 Å². The van der Waals surface area contributed by atoms with E-state index in [1.165, 1.54) is 6.33 Å². The SMILES string of the molecule is CCCOc1ncnc(Oc2ccc(C)cc2)c1N. The van der Waals surface area contributed by atoms with Gasteiger partial charge in [-0.1, -0.05) is 24.6 Å². The molecule has 100 valence electrons. The minimum Gasteiger partial charge on any atom is -0.476 e. The third-order valence-electron chi connectivity index (χ3n) is 2.49. The molecule has 1 aromatic heterocycles. The van der Waals surface area contributed by atoms with Gasteiger partial charge in [-0.3, -0.25) is 0 Å². The van der Waals surface area contributed by atoms with Crippen LogP contribution in [0.25, 0.3) is 0 Å². The van der Waals surface area contributed by atoms with Crippen LogP contribution in [0.3, 0.4) is 0 Å². The lowest BCUT2D eigenvalue weighted by Crippen LogP contribution is -2.04. The lowest BCUT2D eigenvalue weighted by Gasteiger charge is -2.10. The molecule has 0 atom stereocenters. The summed E-state index contributed by atoms with van der Waals surface area (Å²) in [5, 5.41) is 0. The smallest absolute Gasteiger partial charge is 0.249 e. The van der Waals surface area contributed by atoms with Crippen LogP contribution in [0.1, 0.15) is 18.9 Å². The highest BCUT2D eigenvalue weighted by molar-refractivity contribution is 5.56. The molecule has 0 aliphatic carbocycles. The van der Waals surface area contributed by atoms with Gasteiger partial charge >= 0.3 is 0 Å². The molecule has 0 aliphatic rings. The van der Waals surface area contributed by atoms with Gasteiger partial charge in [-0.25, -0.2) is 0 Å². The van der Waals surface area contributed by atoms with E-state index in [0.29, 0.717) is 29.8 Å². The molecule has 0 aliphatic heterocycles. The van der Waals surface area contributed by atoms with Crippen LogP contribution in [-0.4, -0.2) is 16.6 Å². The van der Waals surface area contributed by atoms with Crippen molar-refractivity contribution in [2.75, 3.05) is 12.3 Å². The van der Waals surface area contributed by atoms with Gasteiger partial charge in [0.1, 0.15) is 12.1 Å². The first kappa shape index (κ1) is 13.1. The molecule has 0 saturated heterocycles. The normalized spacial score (nSPS) is 10.2. The molecule has 0 fully saturated rings. The van der Waals surface area contributed by atoms with Gasteiger partial charge < -0.3 is 15.2 Å². The fourth-order valence-corrected chi connectivity index (χ4v) is 1.48. The van der Waals surface area contributed by atoms with E-state index in [-0.39, 0.29) is 0 Å². The standard InChI is InChI=1S/C14H17N3O2/c1-3-8-18-13-12(15)14(17-9-16-13)19-11-6-4-10(2)5-7-11/h4-7,9H,3,8,15H2,1-2H3. The Hall–Kier alpha value is -2.30. The Morgan fingerprint density at radius 2 is 1.79 bits per heavy atom. The summed E-state index contributed by atoms with van der Waals surface area (Å²) in [6, 6.07) is 7.65. The monoisotopic (exact) mass is 259 g/mol. The van der Waals surface area contributed by atoms with Crippen molar-refractivity contribution in [1.29, 1.82) is 0 Å². The van der Waals surface area contributed by atoms with Crippen molar-refractivity contribution in [3.63, 3.8) is 0 Å². The largest absolute Gasteiger partial charge is 0.476 e. The predicted octanol–water partition coefficient (Wildman–Crippen LogP) is 2.95. The molecule has 19 heavy (non-hydrogen) atoms. The number of nitrogen functional groups attached to an aromatic ring is 1. The minimum atomic E-state index is 0.310.